The summed E-state index contributed by atoms with van der Waals surface area (Å²) in [5.41, 5.74) is 6.95. The van der Waals surface area contributed by atoms with Crippen molar-refractivity contribution >= 4 is 17.7 Å². The first-order chi connectivity index (χ1) is 9.45. The van der Waals surface area contributed by atoms with Crippen LogP contribution in [0.5, 0.6) is 5.75 Å². The zero-order valence-corrected chi connectivity index (χ0v) is 13.2. The molecule has 4 nitrogen and oxygen atoms in total. The highest BCUT2D eigenvalue weighted by atomic mass is 32.2. The van der Waals surface area contributed by atoms with E-state index in [9.17, 15) is 9.90 Å². The number of nitrogens with two attached hydrogens (primary N) is 1. The largest absolute Gasteiger partial charge is 0.508 e. The van der Waals surface area contributed by atoms with Crippen molar-refractivity contribution in [2.75, 3.05) is 19.1 Å². The maximum absolute atomic E-state index is 12.3. The SMILES string of the molecule is CSCCC(C)N(C)C(=O)C(N)Cc1ccc(O)cc1. The molecule has 0 saturated carbocycles. The fourth-order valence-electron chi connectivity index (χ4n) is 1.93. The lowest BCUT2D eigenvalue weighted by Crippen LogP contribution is -2.46. The quantitative estimate of drug-likeness (QED) is 0.806. The maximum atomic E-state index is 12.3. The summed E-state index contributed by atoms with van der Waals surface area (Å²) in [7, 11) is 1.81. The highest BCUT2D eigenvalue weighted by molar-refractivity contribution is 7.98. The molecule has 0 aliphatic heterocycles. The Balaban J connectivity index is 2.55. The van der Waals surface area contributed by atoms with Crippen LogP contribution in [0.2, 0.25) is 0 Å². The summed E-state index contributed by atoms with van der Waals surface area (Å²) in [5, 5.41) is 9.24. The minimum absolute atomic E-state index is 0.0355. The first-order valence-corrected chi connectivity index (χ1v) is 8.14. The number of rotatable bonds is 7. The average Bonchev–Trinajstić information content (AvgIpc) is 2.45. The van der Waals surface area contributed by atoms with Crippen LogP contribution in [-0.2, 0) is 11.2 Å². The van der Waals surface area contributed by atoms with Gasteiger partial charge in [-0.15, -0.1) is 0 Å². The van der Waals surface area contributed by atoms with E-state index in [2.05, 4.69) is 6.26 Å². The number of nitrogens with zero attached hydrogens (tertiary/aromatic N) is 1. The van der Waals surface area contributed by atoms with Crippen molar-refractivity contribution in [2.45, 2.75) is 31.8 Å². The fourth-order valence-corrected chi connectivity index (χ4v) is 2.51. The highest BCUT2D eigenvalue weighted by Crippen LogP contribution is 2.13. The average molecular weight is 296 g/mol. The molecule has 112 valence electrons. The fraction of sp³-hybridized carbons (Fsp3) is 0.533. The lowest BCUT2D eigenvalue weighted by atomic mass is 10.0. The number of hydrogen-bond acceptors (Lipinski definition) is 4. The van der Waals surface area contributed by atoms with Gasteiger partial charge in [0.05, 0.1) is 6.04 Å². The van der Waals surface area contributed by atoms with E-state index in [0.29, 0.717) is 6.42 Å². The molecule has 0 radical (unpaired) electrons. The topological polar surface area (TPSA) is 66.6 Å². The van der Waals surface area contributed by atoms with Crippen LogP contribution in [0.3, 0.4) is 0 Å². The van der Waals surface area contributed by atoms with Crippen molar-refractivity contribution in [2.24, 2.45) is 5.73 Å². The van der Waals surface area contributed by atoms with Gasteiger partial charge in [0.15, 0.2) is 0 Å². The summed E-state index contributed by atoms with van der Waals surface area (Å²) < 4.78 is 0. The van der Waals surface area contributed by atoms with Gasteiger partial charge >= 0.3 is 0 Å². The lowest BCUT2D eigenvalue weighted by molar-refractivity contribution is -0.133. The molecular formula is C15H24N2O2S. The molecule has 0 saturated heterocycles. The molecule has 1 amide bonds. The monoisotopic (exact) mass is 296 g/mol. The minimum Gasteiger partial charge on any atom is -0.508 e. The number of phenolic OH excluding ortho intramolecular Hbond substituents is 1. The second-order valence-electron chi connectivity index (χ2n) is 5.06. The van der Waals surface area contributed by atoms with Crippen molar-refractivity contribution in [3.63, 3.8) is 0 Å². The molecule has 1 rings (SSSR count). The molecule has 20 heavy (non-hydrogen) atoms. The van der Waals surface area contributed by atoms with E-state index < -0.39 is 6.04 Å². The van der Waals surface area contributed by atoms with Gasteiger partial charge in [-0.05, 0) is 49.5 Å². The first kappa shape index (κ1) is 16.9. The summed E-state index contributed by atoms with van der Waals surface area (Å²) in [4.78, 5) is 14.0. The third kappa shape index (κ3) is 5.06. The third-order valence-corrected chi connectivity index (χ3v) is 4.10. The van der Waals surface area contributed by atoms with E-state index in [1.807, 2.05) is 14.0 Å². The highest BCUT2D eigenvalue weighted by Gasteiger charge is 2.21. The molecule has 0 aliphatic carbocycles. The molecule has 0 aliphatic rings. The number of hydrogen-bond donors (Lipinski definition) is 2. The number of phenols is 1. The molecule has 2 unspecified atom stereocenters. The molecule has 3 N–H and O–H groups in total. The summed E-state index contributed by atoms with van der Waals surface area (Å²) >= 11 is 1.78. The smallest absolute Gasteiger partial charge is 0.239 e. The van der Waals surface area contributed by atoms with Crippen LogP contribution in [0.1, 0.15) is 18.9 Å². The number of thioether (sulfide) groups is 1. The van der Waals surface area contributed by atoms with Crippen LogP contribution >= 0.6 is 11.8 Å². The molecule has 1 aromatic rings. The Morgan fingerprint density at radius 1 is 1.40 bits per heavy atom. The summed E-state index contributed by atoms with van der Waals surface area (Å²) in [6.07, 6.45) is 3.51. The molecule has 0 heterocycles. The Labute approximate surface area is 125 Å². The van der Waals surface area contributed by atoms with E-state index in [0.717, 1.165) is 17.7 Å². The van der Waals surface area contributed by atoms with Gasteiger partial charge in [0, 0.05) is 13.1 Å². The zero-order valence-electron chi connectivity index (χ0n) is 12.4. The number of carbonyl (C=O) groups is 1. The Kier molecular flexibility index (Phi) is 6.88. The van der Waals surface area contributed by atoms with Crippen molar-refractivity contribution in [1.82, 2.24) is 4.90 Å². The van der Waals surface area contributed by atoms with Crippen LogP contribution < -0.4 is 5.73 Å². The Morgan fingerprint density at radius 2 is 2.00 bits per heavy atom. The van der Waals surface area contributed by atoms with Gasteiger partial charge in [0.2, 0.25) is 5.91 Å². The lowest BCUT2D eigenvalue weighted by Gasteiger charge is -2.27. The molecule has 5 heteroatoms. The summed E-state index contributed by atoms with van der Waals surface area (Å²) in [6, 6.07) is 6.45. The number of likely N-dealkylation sites (N-methyl/N-ethyl adjacent to an activating group) is 1. The van der Waals surface area contributed by atoms with Crippen LogP contribution in [0.15, 0.2) is 24.3 Å². The van der Waals surface area contributed by atoms with Crippen LogP contribution in [0.4, 0.5) is 0 Å². The molecular weight excluding hydrogens is 272 g/mol. The van der Waals surface area contributed by atoms with Crippen LogP contribution in [0, 0.1) is 0 Å². The molecule has 1 aromatic carbocycles. The summed E-state index contributed by atoms with van der Waals surface area (Å²) in [6.45, 7) is 2.04. The Morgan fingerprint density at radius 3 is 2.55 bits per heavy atom. The van der Waals surface area contributed by atoms with Gasteiger partial charge in [-0.2, -0.15) is 11.8 Å². The molecule has 0 spiro atoms. The van der Waals surface area contributed by atoms with Gasteiger partial charge in [-0.3, -0.25) is 4.79 Å². The number of benzene rings is 1. The van der Waals surface area contributed by atoms with Crippen LogP contribution in [0.25, 0.3) is 0 Å². The maximum Gasteiger partial charge on any atom is 0.239 e. The van der Waals surface area contributed by atoms with E-state index in [-0.39, 0.29) is 17.7 Å². The van der Waals surface area contributed by atoms with Crippen molar-refractivity contribution < 1.29 is 9.90 Å². The predicted octanol–water partition coefficient (Wildman–Crippen LogP) is 1.86. The van der Waals surface area contributed by atoms with Crippen molar-refractivity contribution in [3.05, 3.63) is 29.8 Å². The number of amides is 1. The summed E-state index contributed by atoms with van der Waals surface area (Å²) in [5.74, 6) is 1.22. The Hall–Kier alpha value is -1.20. The molecule has 2 atom stereocenters. The Bertz CT molecular complexity index is 422. The minimum atomic E-state index is -0.540. The van der Waals surface area contributed by atoms with Gasteiger partial charge in [0.25, 0.3) is 0 Å². The van der Waals surface area contributed by atoms with Crippen molar-refractivity contribution in [1.29, 1.82) is 0 Å². The van der Waals surface area contributed by atoms with E-state index >= 15 is 0 Å². The second-order valence-corrected chi connectivity index (χ2v) is 6.04. The molecule has 0 aromatic heterocycles. The van der Waals surface area contributed by atoms with Gasteiger partial charge < -0.3 is 15.7 Å². The number of carbonyl (C=O) groups excluding carboxylic acids is 1. The van der Waals surface area contributed by atoms with Gasteiger partial charge in [-0.1, -0.05) is 12.1 Å². The van der Waals surface area contributed by atoms with E-state index in [1.165, 1.54) is 0 Å². The normalized spacial score (nSPS) is 13.8. The first-order valence-electron chi connectivity index (χ1n) is 6.74. The van der Waals surface area contributed by atoms with E-state index in [4.69, 9.17) is 5.73 Å². The van der Waals surface area contributed by atoms with E-state index in [1.54, 1.807) is 40.9 Å². The second kappa shape index (κ2) is 8.17. The van der Waals surface area contributed by atoms with Crippen LogP contribution in [-0.4, -0.2) is 47.1 Å². The standard InChI is InChI=1S/C15H24N2O2S/c1-11(8-9-20-3)17(2)15(19)14(16)10-12-4-6-13(18)7-5-12/h4-7,11,14,18H,8-10,16H2,1-3H3. The number of aromatic hydroxyl groups is 1. The van der Waals surface area contributed by atoms with Gasteiger partial charge in [0.1, 0.15) is 5.75 Å². The molecule has 0 fully saturated rings. The van der Waals surface area contributed by atoms with Crippen molar-refractivity contribution in [3.8, 4) is 5.75 Å². The molecule has 0 bridgehead atoms. The predicted molar refractivity (Wildman–Crippen MR) is 85.0 cm³/mol. The van der Waals surface area contributed by atoms with Gasteiger partial charge in [-0.25, -0.2) is 0 Å². The third-order valence-electron chi connectivity index (χ3n) is 3.46. The zero-order chi connectivity index (χ0) is 15.1.